The molecule has 1 atom stereocenters. The lowest BCUT2D eigenvalue weighted by Crippen LogP contribution is -2.39. The summed E-state index contributed by atoms with van der Waals surface area (Å²) < 4.78 is 5.42. The van der Waals surface area contributed by atoms with Crippen molar-refractivity contribution in [2.45, 2.75) is 45.1 Å². The molecule has 0 unspecified atom stereocenters. The lowest BCUT2D eigenvalue weighted by molar-refractivity contribution is -0.136. The Morgan fingerprint density at radius 3 is 2.59 bits per heavy atom. The molecule has 22 heavy (non-hydrogen) atoms. The number of rotatable bonds is 3. The molecule has 120 valence electrons. The van der Waals surface area contributed by atoms with Crippen LogP contribution in [0, 0.1) is 0 Å². The number of hydrogen-bond acceptors (Lipinski definition) is 3. The molecular weight excluding hydrogens is 280 g/mol. The Morgan fingerprint density at radius 1 is 1.23 bits per heavy atom. The zero-order valence-corrected chi connectivity index (χ0v) is 13.4. The van der Waals surface area contributed by atoms with Crippen LogP contribution < -0.4 is 10.6 Å². The molecule has 1 aromatic rings. The molecule has 2 N–H and O–H groups in total. The fourth-order valence-electron chi connectivity index (χ4n) is 2.52. The Morgan fingerprint density at radius 2 is 1.95 bits per heavy atom. The van der Waals surface area contributed by atoms with Crippen LogP contribution in [0.4, 0.5) is 5.69 Å². The number of carbonyl (C=O) groups is 2. The van der Waals surface area contributed by atoms with Crippen LogP contribution in [0.15, 0.2) is 24.3 Å². The molecule has 0 radical (unpaired) electrons. The Hall–Kier alpha value is -1.88. The predicted molar refractivity (Wildman–Crippen MR) is 85.8 cm³/mol. The first-order valence-corrected chi connectivity index (χ1v) is 7.68. The molecule has 0 bridgehead atoms. The van der Waals surface area contributed by atoms with Crippen LogP contribution in [0.5, 0.6) is 0 Å². The Labute approximate surface area is 131 Å². The highest BCUT2D eigenvalue weighted by atomic mass is 16.5. The number of ether oxygens (including phenoxy) is 1. The van der Waals surface area contributed by atoms with Crippen LogP contribution >= 0.6 is 0 Å². The molecule has 0 spiro atoms. The van der Waals surface area contributed by atoms with E-state index in [1.54, 1.807) is 0 Å². The van der Waals surface area contributed by atoms with Gasteiger partial charge in [0.05, 0.1) is 6.10 Å². The average Bonchev–Trinajstić information content (AvgIpc) is 2.97. The van der Waals surface area contributed by atoms with Gasteiger partial charge in [0.25, 0.3) is 0 Å². The summed E-state index contributed by atoms with van der Waals surface area (Å²) in [5.41, 5.74) is 1.56. The van der Waals surface area contributed by atoms with Gasteiger partial charge in [-0.2, -0.15) is 0 Å². The van der Waals surface area contributed by atoms with Crippen molar-refractivity contribution in [3.63, 3.8) is 0 Å². The zero-order valence-electron chi connectivity index (χ0n) is 13.4. The molecule has 5 heteroatoms. The van der Waals surface area contributed by atoms with E-state index in [1.807, 2.05) is 24.3 Å². The van der Waals surface area contributed by atoms with Crippen LogP contribution in [0.1, 0.15) is 39.2 Å². The number of benzene rings is 1. The second-order valence-corrected chi connectivity index (χ2v) is 6.59. The first-order valence-electron chi connectivity index (χ1n) is 7.68. The Bertz CT molecular complexity index is 543. The smallest absolute Gasteiger partial charge is 0.313 e. The van der Waals surface area contributed by atoms with Gasteiger partial charge in [-0.1, -0.05) is 39.0 Å². The molecule has 5 nitrogen and oxygen atoms in total. The SMILES string of the molecule is CC(C)(C)c1ccccc1NC(=O)C(=O)NC[C@H]1CCCO1. The van der Waals surface area contributed by atoms with Crippen molar-refractivity contribution in [3.05, 3.63) is 29.8 Å². The average molecular weight is 304 g/mol. The third-order valence-electron chi connectivity index (χ3n) is 3.70. The van der Waals surface area contributed by atoms with Gasteiger partial charge in [0.2, 0.25) is 0 Å². The summed E-state index contributed by atoms with van der Waals surface area (Å²) in [7, 11) is 0. The lowest BCUT2D eigenvalue weighted by atomic mass is 9.86. The van der Waals surface area contributed by atoms with Crippen LogP contribution in [0.2, 0.25) is 0 Å². The number of anilines is 1. The molecular formula is C17H24N2O3. The molecule has 2 amide bonds. The summed E-state index contributed by atoms with van der Waals surface area (Å²) in [5, 5.41) is 5.33. The molecule has 0 aromatic heterocycles. The molecule has 1 aliphatic rings. The molecule has 1 fully saturated rings. The molecule has 0 saturated carbocycles. The summed E-state index contributed by atoms with van der Waals surface area (Å²) in [4.78, 5) is 23.9. The minimum absolute atomic E-state index is 0.0265. The van der Waals surface area contributed by atoms with E-state index in [-0.39, 0.29) is 11.5 Å². The van der Waals surface area contributed by atoms with Gasteiger partial charge in [-0.25, -0.2) is 0 Å². The van der Waals surface area contributed by atoms with Crippen molar-refractivity contribution < 1.29 is 14.3 Å². The third kappa shape index (κ3) is 4.31. The molecule has 0 aliphatic carbocycles. The second-order valence-electron chi connectivity index (χ2n) is 6.59. The largest absolute Gasteiger partial charge is 0.376 e. The summed E-state index contributed by atoms with van der Waals surface area (Å²) >= 11 is 0. The normalized spacial score (nSPS) is 18.0. The monoisotopic (exact) mass is 304 g/mol. The van der Waals surface area contributed by atoms with Gasteiger partial charge in [-0.15, -0.1) is 0 Å². The van der Waals surface area contributed by atoms with E-state index in [1.165, 1.54) is 0 Å². The van der Waals surface area contributed by atoms with Crippen molar-refractivity contribution in [1.29, 1.82) is 0 Å². The van der Waals surface area contributed by atoms with Crippen LogP contribution in [0.3, 0.4) is 0 Å². The molecule has 1 saturated heterocycles. The minimum atomic E-state index is -0.644. The van der Waals surface area contributed by atoms with Crippen LogP contribution in [0.25, 0.3) is 0 Å². The Kier molecular flexibility index (Phi) is 5.19. The van der Waals surface area contributed by atoms with Gasteiger partial charge >= 0.3 is 11.8 Å². The van der Waals surface area contributed by atoms with Gasteiger partial charge in [-0.05, 0) is 29.9 Å². The van der Waals surface area contributed by atoms with E-state index >= 15 is 0 Å². The molecule has 1 aliphatic heterocycles. The number of carbonyl (C=O) groups excluding carboxylic acids is 2. The van der Waals surface area contributed by atoms with Crippen molar-refractivity contribution in [3.8, 4) is 0 Å². The van der Waals surface area contributed by atoms with E-state index in [0.29, 0.717) is 12.2 Å². The summed E-state index contributed by atoms with van der Waals surface area (Å²) in [6.07, 6.45) is 1.96. The van der Waals surface area contributed by atoms with Gasteiger partial charge in [0.1, 0.15) is 0 Å². The summed E-state index contributed by atoms with van der Waals surface area (Å²) in [6.45, 7) is 7.30. The van der Waals surface area contributed by atoms with E-state index in [0.717, 1.165) is 25.0 Å². The van der Waals surface area contributed by atoms with E-state index in [4.69, 9.17) is 4.74 Å². The standard InChI is InChI=1S/C17H24N2O3/c1-17(2,3)13-8-4-5-9-14(13)19-16(21)15(20)18-11-12-7-6-10-22-12/h4-5,8-9,12H,6-7,10-11H2,1-3H3,(H,18,20)(H,19,21)/t12-/m1/s1. The maximum absolute atomic E-state index is 12.0. The highest BCUT2D eigenvalue weighted by Gasteiger charge is 2.22. The van der Waals surface area contributed by atoms with Gasteiger partial charge in [0, 0.05) is 18.8 Å². The fourth-order valence-corrected chi connectivity index (χ4v) is 2.52. The summed E-state index contributed by atoms with van der Waals surface area (Å²) in [6, 6.07) is 7.54. The van der Waals surface area contributed by atoms with E-state index in [2.05, 4.69) is 31.4 Å². The molecule has 2 rings (SSSR count). The maximum Gasteiger partial charge on any atom is 0.313 e. The highest BCUT2D eigenvalue weighted by Crippen LogP contribution is 2.29. The van der Waals surface area contributed by atoms with Crippen molar-refractivity contribution in [2.24, 2.45) is 0 Å². The minimum Gasteiger partial charge on any atom is -0.376 e. The number of para-hydroxylation sites is 1. The van der Waals surface area contributed by atoms with Gasteiger partial charge in [-0.3, -0.25) is 9.59 Å². The maximum atomic E-state index is 12.0. The topological polar surface area (TPSA) is 67.4 Å². The number of hydrogen-bond donors (Lipinski definition) is 2. The lowest BCUT2D eigenvalue weighted by Gasteiger charge is -2.22. The van der Waals surface area contributed by atoms with Crippen molar-refractivity contribution in [1.82, 2.24) is 5.32 Å². The molecule has 1 heterocycles. The van der Waals surface area contributed by atoms with Gasteiger partial charge in [0.15, 0.2) is 0 Å². The van der Waals surface area contributed by atoms with Crippen molar-refractivity contribution in [2.75, 3.05) is 18.5 Å². The van der Waals surface area contributed by atoms with Crippen LogP contribution in [-0.2, 0) is 19.7 Å². The third-order valence-corrected chi connectivity index (χ3v) is 3.70. The van der Waals surface area contributed by atoms with E-state index < -0.39 is 11.8 Å². The second kappa shape index (κ2) is 6.92. The number of amides is 2. The van der Waals surface area contributed by atoms with E-state index in [9.17, 15) is 9.59 Å². The first-order chi connectivity index (χ1) is 10.4. The number of nitrogens with one attached hydrogen (secondary N) is 2. The van der Waals surface area contributed by atoms with Crippen LogP contribution in [-0.4, -0.2) is 31.1 Å². The van der Waals surface area contributed by atoms with Gasteiger partial charge < -0.3 is 15.4 Å². The quantitative estimate of drug-likeness (QED) is 0.841. The first kappa shape index (κ1) is 16.5. The zero-order chi connectivity index (χ0) is 16.2. The Balaban J connectivity index is 1.95. The fraction of sp³-hybridized carbons (Fsp3) is 0.529. The highest BCUT2D eigenvalue weighted by molar-refractivity contribution is 6.39. The van der Waals surface area contributed by atoms with Crippen molar-refractivity contribution >= 4 is 17.5 Å². The summed E-state index contributed by atoms with van der Waals surface area (Å²) in [5.74, 6) is -1.27. The molecule has 1 aromatic carbocycles. The predicted octanol–water partition coefficient (Wildman–Crippen LogP) is 2.22.